The third kappa shape index (κ3) is 2.28. The molecule has 0 aliphatic rings. The van der Waals surface area contributed by atoms with E-state index in [-0.39, 0.29) is 11.9 Å². The standard InChI is InChI=1S/C10H13N3OS2/c1-5-3-7-8(15-5)12-10(11)13-9(7)16-6(2)4-14/h3,6,14H,4H2,1-2H3,(H2,11,12,13). The van der Waals surface area contributed by atoms with Gasteiger partial charge in [-0.15, -0.1) is 23.1 Å². The van der Waals surface area contributed by atoms with Crippen molar-refractivity contribution in [2.75, 3.05) is 12.3 Å². The zero-order valence-electron chi connectivity index (χ0n) is 9.10. The number of hydrogen-bond acceptors (Lipinski definition) is 6. The second-order valence-electron chi connectivity index (χ2n) is 3.57. The summed E-state index contributed by atoms with van der Waals surface area (Å²) in [5.74, 6) is 0.294. The Kier molecular flexibility index (Phi) is 3.32. The molecule has 1 atom stereocenters. The van der Waals surface area contributed by atoms with Crippen LogP contribution in [0.25, 0.3) is 10.2 Å². The van der Waals surface area contributed by atoms with E-state index < -0.39 is 0 Å². The van der Waals surface area contributed by atoms with Crippen LogP contribution in [0.4, 0.5) is 5.95 Å². The highest BCUT2D eigenvalue weighted by molar-refractivity contribution is 8.00. The van der Waals surface area contributed by atoms with Crippen molar-refractivity contribution in [3.05, 3.63) is 10.9 Å². The number of aromatic nitrogens is 2. The summed E-state index contributed by atoms with van der Waals surface area (Å²) in [7, 11) is 0. The van der Waals surface area contributed by atoms with Crippen LogP contribution < -0.4 is 5.73 Å². The normalized spacial score (nSPS) is 13.2. The third-order valence-corrected chi connectivity index (χ3v) is 4.10. The second-order valence-corrected chi connectivity index (χ2v) is 6.24. The fourth-order valence-electron chi connectivity index (χ4n) is 1.35. The first-order valence-electron chi connectivity index (χ1n) is 4.91. The molecule has 0 fully saturated rings. The molecule has 0 amide bonds. The van der Waals surface area contributed by atoms with Gasteiger partial charge in [-0.1, -0.05) is 6.92 Å². The molecule has 1 unspecified atom stereocenters. The number of thiophene rings is 1. The molecule has 4 nitrogen and oxygen atoms in total. The number of fused-ring (bicyclic) bond motifs is 1. The van der Waals surface area contributed by atoms with Crippen LogP contribution in [0.15, 0.2) is 11.1 Å². The topological polar surface area (TPSA) is 72.0 Å². The lowest BCUT2D eigenvalue weighted by atomic mass is 10.4. The summed E-state index contributed by atoms with van der Waals surface area (Å²) in [5.41, 5.74) is 5.66. The van der Waals surface area contributed by atoms with Crippen molar-refractivity contribution in [2.45, 2.75) is 24.1 Å². The number of aryl methyl sites for hydroxylation is 1. The Morgan fingerprint density at radius 1 is 1.56 bits per heavy atom. The van der Waals surface area contributed by atoms with E-state index in [2.05, 4.69) is 16.0 Å². The van der Waals surface area contributed by atoms with Crippen molar-refractivity contribution in [3.63, 3.8) is 0 Å². The molecular weight excluding hydrogens is 242 g/mol. The van der Waals surface area contributed by atoms with E-state index >= 15 is 0 Å². The summed E-state index contributed by atoms with van der Waals surface area (Å²) < 4.78 is 0. The highest BCUT2D eigenvalue weighted by Gasteiger charge is 2.12. The van der Waals surface area contributed by atoms with Crippen LogP contribution in [0, 0.1) is 6.92 Å². The van der Waals surface area contributed by atoms with Gasteiger partial charge in [0.15, 0.2) is 0 Å². The summed E-state index contributed by atoms with van der Waals surface area (Å²) in [6.45, 7) is 4.11. The smallest absolute Gasteiger partial charge is 0.222 e. The van der Waals surface area contributed by atoms with Crippen LogP contribution in [0.1, 0.15) is 11.8 Å². The average molecular weight is 255 g/mol. The van der Waals surface area contributed by atoms with Crippen molar-refractivity contribution >= 4 is 39.3 Å². The average Bonchev–Trinajstić information content (AvgIpc) is 2.58. The van der Waals surface area contributed by atoms with Crippen LogP contribution in [0.3, 0.4) is 0 Å². The molecule has 2 heterocycles. The lowest BCUT2D eigenvalue weighted by Crippen LogP contribution is -2.03. The monoisotopic (exact) mass is 255 g/mol. The minimum Gasteiger partial charge on any atom is -0.395 e. The van der Waals surface area contributed by atoms with Crippen molar-refractivity contribution in [1.82, 2.24) is 9.97 Å². The molecule has 0 spiro atoms. The number of rotatable bonds is 3. The molecule has 86 valence electrons. The SMILES string of the molecule is Cc1cc2c(SC(C)CO)nc(N)nc2s1. The van der Waals surface area contributed by atoms with Gasteiger partial charge in [-0.25, -0.2) is 9.97 Å². The van der Waals surface area contributed by atoms with Crippen LogP contribution in [0.5, 0.6) is 0 Å². The van der Waals surface area contributed by atoms with Gasteiger partial charge in [-0.2, -0.15) is 0 Å². The van der Waals surface area contributed by atoms with Gasteiger partial charge in [0.05, 0.1) is 6.61 Å². The largest absolute Gasteiger partial charge is 0.395 e. The van der Waals surface area contributed by atoms with Crippen molar-refractivity contribution < 1.29 is 5.11 Å². The molecule has 0 saturated carbocycles. The van der Waals surface area contributed by atoms with Gasteiger partial charge in [0.1, 0.15) is 9.86 Å². The van der Waals surface area contributed by atoms with Crippen LogP contribution in [-0.4, -0.2) is 26.9 Å². The zero-order chi connectivity index (χ0) is 11.7. The number of nitrogens with zero attached hydrogens (tertiary/aromatic N) is 2. The maximum absolute atomic E-state index is 9.05. The summed E-state index contributed by atoms with van der Waals surface area (Å²) in [4.78, 5) is 10.5. The van der Waals surface area contributed by atoms with E-state index in [9.17, 15) is 0 Å². The zero-order valence-corrected chi connectivity index (χ0v) is 10.7. The molecule has 2 rings (SSSR count). The van der Waals surface area contributed by atoms with Gasteiger partial charge in [0, 0.05) is 15.5 Å². The third-order valence-electron chi connectivity index (χ3n) is 2.07. The number of hydrogen-bond donors (Lipinski definition) is 2. The summed E-state index contributed by atoms with van der Waals surface area (Å²) in [6.07, 6.45) is 0. The van der Waals surface area contributed by atoms with E-state index in [4.69, 9.17) is 10.8 Å². The Bertz CT molecular complexity index is 512. The quantitative estimate of drug-likeness (QED) is 0.649. The maximum atomic E-state index is 9.05. The summed E-state index contributed by atoms with van der Waals surface area (Å²) in [5, 5.41) is 11.0. The van der Waals surface area contributed by atoms with E-state index in [1.54, 1.807) is 11.3 Å². The van der Waals surface area contributed by atoms with E-state index in [1.165, 1.54) is 16.6 Å². The Hall–Kier alpha value is -0.850. The minimum atomic E-state index is 0.109. The molecule has 3 N–H and O–H groups in total. The summed E-state index contributed by atoms with van der Waals surface area (Å²) in [6, 6.07) is 2.06. The number of thioether (sulfide) groups is 1. The van der Waals surface area contributed by atoms with Crippen molar-refractivity contribution in [1.29, 1.82) is 0 Å². The molecule has 0 aliphatic heterocycles. The Morgan fingerprint density at radius 3 is 3.00 bits per heavy atom. The highest BCUT2D eigenvalue weighted by atomic mass is 32.2. The molecule has 2 aromatic rings. The number of anilines is 1. The number of aliphatic hydroxyl groups excluding tert-OH is 1. The fourth-order valence-corrected chi connectivity index (χ4v) is 3.18. The van der Waals surface area contributed by atoms with Crippen LogP contribution in [-0.2, 0) is 0 Å². The van der Waals surface area contributed by atoms with E-state index in [1.807, 2.05) is 13.8 Å². The molecule has 0 aliphatic carbocycles. The van der Waals surface area contributed by atoms with E-state index in [0.717, 1.165) is 15.2 Å². The Labute approximate surface area is 102 Å². The molecule has 6 heteroatoms. The number of nitrogen functional groups attached to an aromatic ring is 1. The van der Waals surface area contributed by atoms with Gasteiger partial charge in [0.25, 0.3) is 0 Å². The van der Waals surface area contributed by atoms with Crippen LogP contribution in [0.2, 0.25) is 0 Å². The first kappa shape index (κ1) is 11.6. The van der Waals surface area contributed by atoms with Crippen molar-refractivity contribution in [3.8, 4) is 0 Å². The van der Waals surface area contributed by atoms with Gasteiger partial charge in [0.2, 0.25) is 5.95 Å². The molecular formula is C10H13N3OS2. The predicted molar refractivity (Wildman–Crippen MR) is 69.0 cm³/mol. The van der Waals surface area contributed by atoms with Gasteiger partial charge in [-0.3, -0.25) is 0 Å². The number of aliphatic hydroxyl groups is 1. The number of nitrogens with two attached hydrogens (primary N) is 1. The first-order chi connectivity index (χ1) is 7.60. The Morgan fingerprint density at radius 2 is 2.31 bits per heavy atom. The minimum absolute atomic E-state index is 0.109. The van der Waals surface area contributed by atoms with Crippen molar-refractivity contribution in [2.24, 2.45) is 0 Å². The maximum Gasteiger partial charge on any atom is 0.222 e. The van der Waals surface area contributed by atoms with Gasteiger partial charge in [-0.05, 0) is 13.0 Å². The van der Waals surface area contributed by atoms with Crippen LogP contribution >= 0.6 is 23.1 Å². The molecule has 0 saturated heterocycles. The first-order valence-corrected chi connectivity index (χ1v) is 6.61. The lowest BCUT2D eigenvalue weighted by molar-refractivity contribution is 0.300. The highest BCUT2D eigenvalue weighted by Crippen LogP contribution is 2.33. The lowest BCUT2D eigenvalue weighted by Gasteiger charge is -2.07. The molecule has 0 aromatic carbocycles. The van der Waals surface area contributed by atoms with E-state index in [0.29, 0.717) is 5.95 Å². The molecule has 16 heavy (non-hydrogen) atoms. The molecule has 2 aromatic heterocycles. The Balaban J connectivity index is 2.49. The second kappa shape index (κ2) is 4.57. The van der Waals surface area contributed by atoms with Gasteiger partial charge >= 0.3 is 0 Å². The fraction of sp³-hybridized carbons (Fsp3) is 0.400. The molecule has 0 bridgehead atoms. The van der Waals surface area contributed by atoms with Gasteiger partial charge < -0.3 is 10.8 Å². The predicted octanol–water partition coefficient (Wildman–Crippen LogP) is 2.05. The molecule has 0 radical (unpaired) electrons. The summed E-state index contributed by atoms with van der Waals surface area (Å²) >= 11 is 3.13.